The summed E-state index contributed by atoms with van der Waals surface area (Å²) >= 11 is 0. The lowest BCUT2D eigenvalue weighted by atomic mass is 10.1. The summed E-state index contributed by atoms with van der Waals surface area (Å²) in [5.74, 6) is 0.133. The molecule has 3 rings (SSSR count). The molecular formula is C19H26N4O2. The van der Waals surface area contributed by atoms with Gasteiger partial charge in [-0.3, -0.25) is 14.4 Å². The van der Waals surface area contributed by atoms with Crippen LogP contribution in [0, 0.1) is 0 Å². The van der Waals surface area contributed by atoms with Crippen molar-refractivity contribution in [2.45, 2.75) is 25.6 Å². The summed E-state index contributed by atoms with van der Waals surface area (Å²) in [6.45, 7) is 3.83. The number of nitrogens with zero attached hydrogens (tertiary/aromatic N) is 4. The van der Waals surface area contributed by atoms with Crippen molar-refractivity contribution in [2.24, 2.45) is 0 Å². The molecule has 0 saturated heterocycles. The number of ether oxygens (including phenoxy) is 1. The summed E-state index contributed by atoms with van der Waals surface area (Å²) in [6.07, 6.45) is 2.29. The topological polar surface area (TPSA) is 50.6 Å². The van der Waals surface area contributed by atoms with Gasteiger partial charge < -0.3 is 9.64 Å². The van der Waals surface area contributed by atoms with Gasteiger partial charge in [-0.25, -0.2) is 0 Å². The Morgan fingerprint density at radius 1 is 1.28 bits per heavy atom. The Labute approximate surface area is 149 Å². The Morgan fingerprint density at radius 3 is 2.84 bits per heavy atom. The van der Waals surface area contributed by atoms with Crippen LogP contribution in [-0.2, 0) is 22.7 Å². The fourth-order valence-corrected chi connectivity index (χ4v) is 3.13. The highest BCUT2D eigenvalue weighted by Crippen LogP contribution is 2.23. The minimum absolute atomic E-state index is 0.0859. The number of amides is 1. The van der Waals surface area contributed by atoms with E-state index in [9.17, 15) is 4.79 Å². The van der Waals surface area contributed by atoms with E-state index in [4.69, 9.17) is 4.74 Å². The second-order valence-corrected chi connectivity index (χ2v) is 6.69. The number of aromatic nitrogens is 2. The molecule has 25 heavy (non-hydrogen) atoms. The summed E-state index contributed by atoms with van der Waals surface area (Å²) in [4.78, 5) is 16.1. The van der Waals surface area contributed by atoms with Crippen molar-refractivity contribution in [3.63, 3.8) is 0 Å². The molecule has 0 N–H and O–H groups in total. The molecule has 2 heterocycles. The molecule has 1 amide bonds. The maximum Gasteiger partial charge on any atom is 0.224 e. The van der Waals surface area contributed by atoms with Gasteiger partial charge in [-0.15, -0.1) is 0 Å². The lowest BCUT2D eigenvalue weighted by Crippen LogP contribution is -2.41. The smallest absolute Gasteiger partial charge is 0.224 e. The number of benzene rings is 1. The predicted molar refractivity (Wildman–Crippen MR) is 96.0 cm³/mol. The van der Waals surface area contributed by atoms with Crippen LogP contribution in [-0.4, -0.2) is 59.3 Å². The Kier molecular flexibility index (Phi) is 5.83. The molecule has 0 fully saturated rings. The van der Waals surface area contributed by atoms with Crippen LogP contribution in [0.4, 0.5) is 0 Å². The van der Waals surface area contributed by atoms with Gasteiger partial charge in [-0.1, -0.05) is 30.3 Å². The molecule has 0 saturated carbocycles. The Hall–Kier alpha value is -2.18. The first-order valence-corrected chi connectivity index (χ1v) is 8.70. The zero-order valence-corrected chi connectivity index (χ0v) is 15.0. The standard InChI is InChI=1S/C19H26N4O2/c1-21(2)19(24)12-18-14-22(13-17-8-9-20-23(17)18)10-11-25-15-16-6-4-3-5-7-16/h3-9,18H,10-15H2,1-2H3/t18-/m1/s1. The summed E-state index contributed by atoms with van der Waals surface area (Å²) < 4.78 is 7.81. The molecule has 1 aliphatic heterocycles. The van der Waals surface area contributed by atoms with E-state index in [1.54, 1.807) is 19.0 Å². The van der Waals surface area contributed by atoms with Gasteiger partial charge in [0.25, 0.3) is 0 Å². The van der Waals surface area contributed by atoms with Crippen molar-refractivity contribution in [2.75, 3.05) is 33.8 Å². The summed E-state index contributed by atoms with van der Waals surface area (Å²) in [6, 6.07) is 12.3. The number of rotatable bonds is 7. The molecule has 0 unspecified atom stereocenters. The van der Waals surface area contributed by atoms with Crippen molar-refractivity contribution in [3.05, 3.63) is 53.9 Å². The molecule has 2 aromatic rings. The predicted octanol–water partition coefficient (Wildman–Crippen LogP) is 1.93. The van der Waals surface area contributed by atoms with Gasteiger partial charge in [-0.2, -0.15) is 5.10 Å². The van der Waals surface area contributed by atoms with E-state index in [2.05, 4.69) is 22.1 Å². The number of hydrogen-bond donors (Lipinski definition) is 0. The maximum absolute atomic E-state index is 12.1. The van der Waals surface area contributed by atoms with Gasteiger partial charge in [0.1, 0.15) is 0 Å². The number of carbonyl (C=O) groups is 1. The van der Waals surface area contributed by atoms with E-state index in [1.165, 1.54) is 5.56 Å². The van der Waals surface area contributed by atoms with E-state index in [1.807, 2.05) is 35.1 Å². The average Bonchev–Trinajstić information content (AvgIpc) is 3.08. The van der Waals surface area contributed by atoms with Crippen LogP contribution in [0.5, 0.6) is 0 Å². The highest BCUT2D eigenvalue weighted by Gasteiger charge is 2.27. The van der Waals surface area contributed by atoms with Crippen molar-refractivity contribution in [3.8, 4) is 0 Å². The van der Waals surface area contributed by atoms with Gasteiger partial charge >= 0.3 is 0 Å². The second-order valence-electron chi connectivity index (χ2n) is 6.69. The highest BCUT2D eigenvalue weighted by molar-refractivity contribution is 5.76. The first-order valence-electron chi connectivity index (χ1n) is 8.70. The zero-order chi connectivity index (χ0) is 17.6. The Balaban J connectivity index is 1.52. The molecule has 0 spiro atoms. The van der Waals surface area contributed by atoms with Crippen molar-refractivity contribution < 1.29 is 9.53 Å². The van der Waals surface area contributed by atoms with Gasteiger partial charge in [0, 0.05) is 39.9 Å². The van der Waals surface area contributed by atoms with Crippen molar-refractivity contribution >= 4 is 5.91 Å². The minimum Gasteiger partial charge on any atom is -0.375 e. The van der Waals surface area contributed by atoms with Gasteiger partial charge in [0.05, 0.1) is 31.4 Å². The summed E-state index contributed by atoms with van der Waals surface area (Å²) in [7, 11) is 3.59. The van der Waals surface area contributed by atoms with Gasteiger partial charge in [-0.05, 0) is 11.6 Å². The molecule has 1 aromatic heterocycles. The first-order chi connectivity index (χ1) is 12.1. The normalized spacial score (nSPS) is 17.3. The van der Waals surface area contributed by atoms with Crippen LogP contribution in [0.3, 0.4) is 0 Å². The third-order valence-corrected chi connectivity index (χ3v) is 4.53. The van der Waals surface area contributed by atoms with Crippen molar-refractivity contribution in [1.82, 2.24) is 19.6 Å². The van der Waals surface area contributed by atoms with E-state index in [0.717, 1.165) is 25.3 Å². The van der Waals surface area contributed by atoms with Crippen LogP contribution in [0.1, 0.15) is 23.7 Å². The molecule has 0 aliphatic carbocycles. The molecule has 1 aromatic carbocycles. The quantitative estimate of drug-likeness (QED) is 0.722. The lowest BCUT2D eigenvalue weighted by molar-refractivity contribution is -0.129. The molecule has 0 radical (unpaired) electrons. The molecule has 1 atom stereocenters. The van der Waals surface area contributed by atoms with Crippen LogP contribution >= 0.6 is 0 Å². The van der Waals surface area contributed by atoms with E-state index < -0.39 is 0 Å². The van der Waals surface area contributed by atoms with Crippen LogP contribution in [0.25, 0.3) is 0 Å². The van der Waals surface area contributed by atoms with Crippen LogP contribution in [0.2, 0.25) is 0 Å². The Bertz CT molecular complexity index is 684. The lowest BCUT2D eigenvalue weighted by Gasteiger charge is -2.34. The summed E-state index contributed by atoms with van der Waals surface area (Å²) in [5.41, 5.74) is 2.35. The maximum atomic E-state index is 12.1. The third-order valence-electron chi connectivity index (χ3n) is 4.53. The van der Waals surface area contributed by atoms with Gasteiger partial charge in [0.2, 0.25) is 5.91 Å². The SMILES string of the molecule is CN(C)C(=O)C[C@@H]1CN(CCOCc2ccccc2)Cc2ccnn21. The number of hydrogen-bond acceptors (Lipinski definition) is 4. The molecule has 6 nitrogen and oxygen atoms in total. The van der Waals surface area contributed by atoms with Crippen molar-refractivity contribution in [1.29, 1.82) is 0 Å². The fourth-order valence-electron chi connectivity index (χ4n) is 3.13. The van der Waals surface area contributed by atoms with Crippen LogP contribution in [0.15, 0.2) is 42.6 Å². The first kappa shape index (κ1) is 17.6. The van der Waals surface area contributed by atoms with E-state index in [0.29, 0.717) is 19.6 Å². The minimum atomic E-state index is 0.0859. The third kappa shape index (κ3) is 4.67. The zero-order valence-electron chi connectivity index (χ0n) is 15.0. The van der Waals surface area contributed by atoms with E-state index in [-0.39, 0.29) is 11.9 Å². The average molecular weight is 342 g/mol. The second kappa shape index (κ2) is 8.27. The summed E-state index contributed by atoms with van der Waals surface area (Å²) in [5, 5.41) is 4.41. The molecule has 6 heteroatoms. The molecule has 134 valence electrons. The number of fused-ring (bicyclic) bond motifs is 1. The fraction of sp³-hybridized carbons (Fsp3) is 0.474. The Morgan fingerprint density at radius 2 is 2.08 bits per heavy atom. The van der Waals surface area contributed by atoms with Gasteiger partial charge in [0.15, 0.2) is 0 Å². The molecule has 1 aliphatic rings. The van der Waals surface area contributed by atoms with Crippen LogP contribution < -0.4 is 0 Å². The largest absolute Gasteiger partial charge is 0.375 e. The highest BCUT2D eigenvalue weighted by atomic mass is 16.5. The monoisotopic (exact) mass is 342 g/mol. The molecular weight excluding hydrogens is 316 g/mol. The molecule has 0 bridgehead atoms. The number of carbonyl (C=O) groups excluding carboxylic acids is 1. The van der Waals surface area contributed by atoms with E-state index >= 15 is 0 Å².